The third kappa shape index (κ3) is 5.53. The summed E-state index contributed by atoms with van der Waals surface area (Å²) in [4.78, 5) is 12.1. The van der Waals surface area contributed by atoms with E-state index in [1.54, 1.807) is 7.05 Å². The predicted octanol–water partition coefficient (Wildman–Crippen LogP) is 2.69. The van der Waals surface area contributed by atoms with E-state index in [-0.39, 0.29) is 24.0 Å². The number of aryl methyl sites for hydroxylation is 1. The predicted molar refractivity (Wildman–Crippen MR) is 99.5 cm³/mol. The number of hydrogen-bond acceptors (Lipinski definition) is 2. The van der Waals surface area contributed by atoms with E-state index in [0.29, 0.717) is 6.04 Å². The third-order valence-electron chi connectivity index (χ3n) is 2.97. The Labute approximate surface area is 143 Å². The van der Waals surface area contributed by atoms with Crippen molar-refractivity contribution >= 4 is 41.0 Å². The molecule has 1 aromatic heterocycles. The van der Waals surface area contributed by atoms with Crippen LogP contribution in [0.2, 0.25) is 0 Å². The highest BCUT2D eigenvalue weighted by Gasteiger charge is 2.02. The molecule has 0 saturated carbocycles. The van der Waals surface area contributed by atoms with Crippen LogP contribution in [-0.4, -0.2) is 35.6 Å². The lowest BCUT2D eigenvalue weighted by Crippen LogP contribution is -2.41. The molecule has 0 saturated heterocycles. The van der Waals surface area contributed by atoms with Gasteiger partial charge < -0.3 is 15.6 Å². The molecule has 0 fully saturated rings. The van der Waals surface area contributed by atoms with Crippen LogP contribution < -0.4 is 10.6 Å². The summed E-state index contributed by atoms with van der Waals surface area (Å²) in [5, 5.41) is 6.57. The number of benzene rings is 1. The van der Waals surface area contributed by atoms with Gasteiger partial charge in [-0.05, 0) is 32.4 Å². The molecule has 21 heavy (non-hydrogen) atoms. The summed E-state index contributed by atoms with van der Waals surface area (Å²) in [5.41, 5.74) is 2.14. The van der Waals surface area contributed by atoms with E-state index in [9.17, 15) is 0 Å². The average molecular weight is 401 g/mol. The van der Waals surface area contributed by atoms with Crippen molar-refractivity contribution in [2.45, 2.75) is 32.7 Å². The normalized spacial score (nSPS) is 11.5. The number of fused-ring (bicyclic) bond motifs is 1. The molecule has 0 unspecified atom stereocenters. The van der Waals surface area contributed by atoms with Crippen molar-refractivity contribution in [3.63, 3.8) is 0 Å². The summed E-state index contributed by atoms with van der Waals surface area (Å²) in [6.07, 6.45) is 1.94. The summed E-state index contributed by atoms with van der Waals surface area (Å²) in [6, 6.07) is 8.50. The minimum atomic E-state index is 0. The van der Waals surface area contributed by atoms with Crippen LogP contribution in [0, 0.1) is 0 Å². The summed E-state index contributed by atoms with van der Waals surface area (Å²) >= 11 is 0. The smallest absolute Gasteiger partial charge is 0.191 e. The maximum Gasteiger partial charge on any atom is 0.191 e. The highest BCUT2D eigenvalue weighted by Crippen LogP contribution is 2.10. The number of guanidine groups is 1. The van der Waals surface area contributed by atoms with Gasteiger partial charge in [-0.3, -0.25) is 4.99 Å². The van der Waals surface area contributed by atoms with Crippen LogP contribution >= 0.6 is 24.0 Å². The van der Waals surface area contributed by atoms with E-state index in [2.05, 4.69) is 45.5 Å². The van der Waals surface area contributed by atoms with Crippen LogP contribution in [0.15, 0.2) is 29.3 Å². The molecular weight excluding hydrogens is 377 g/mol. The average Bonchev–Trinajstić information content (AvgIpc) is 2.84. The lowest BCUT2D eigenvalue weighted by molar-refractivity contribution is 0.681. The van der Waals surface area contributed by atoms with Crippen LogP contribution in [0.5, 0.6) is 0 Å². The zero-order chi connectivity index (χ0) is 14.4. The van der Waals surface area contributed by atoms with Gasteiger partial charge in [-0.15, -0.1) is 24.0 Å². The zero-order valence-electron chi connectivity index (χ0n) is 12.8. The Hall–Kier alpha value is -1.31. The van der Waals surface area contributed by atoms with Crippen LogP contribution in [-0.2, 0) is 6.42 Å². The first-order chi connectivity index (χ1) is 9.69. The topological polar surface area (TPSA) is 65.1 Å². The van der Waals surface area contributed by atoms with Crippen molar-refractivity contribution in [3.8, 4) is 0 Å². The van der Waals surface area contributed by atoms with Gasteiger partial charge in [0, 0.05) is 26.1 Å². The van der Waals surface area contributed by atoms with E-state index in [1.807, 2.05) is 18.2 Å². The van der Waals surface area contributed by atoms with Gasteiger partial charge in [-0.1, -0.05) is 12.1 Å². The Morgan fingerprint density at radius 3 is 2.76 bits per heavy atom. The van der Waals surface area contributed by atoms with Gasteiger partial charge in [0.25, 0.3) is 0 Å². The molecule has 6 heteroatoms. The molecule has 2 aromatic rings. The number of nitrogens with one attached hydrogen (secondary N) is 3. The van der Waals surface area contributed by atoms with Gasteiger partial charge in [0.15, 0.2) is 5.96 Å². The molecule has 0 spiro atoms. The lowest BCUT2D eigenvalue weighted by atomic mass is 10.3. The molecule has 1 aromatic carbocycles. The maximum atomic E-state index is 4.57. The van der Waals surface area contributed by atoms with Gasteiger partial charge in [-0.25, -0.2) is 4.98 Å². The Kier molecular flexibility index (Phi) is 7.49. The molecule has 0 atom stereocenters. The van der Waals surface area contributed by atoms with E-state index in [1.165, 1.54) is 0 Å². The summed E-state index contributed by atoms with van der Waals surface area (Å²) in [7, 11) is 1.79. The number of rotatable bonds is 5. The molecule has 116 valence electrons. The monoisotopic (exact) mass is 401 g/mol. The first-order valence-electron chi connectivity index (χ1n) is 7.10. The van der Waals surface area contributed by atoms with E-state index < -0.39 is 0 Å². The highest BCUT2D eigenvalue weighted by atomic mass is 127. The number of imidazole rings is 1. The Bertz CT molecular complexity index is 543. The summed E-state index contributed by atoms with van der Waals surface area (Å²) in [6.45, 7) is 5.08. The van der Waals surface area contributed by atoms with Crippen LogP contribution in [0.3, 0.4) is 0 Å². The number of aromatic amines is 1. The molecule has 0 aliphatic carbocycles. The molecule has 0 aliphatic heterocycles. The van der Waals surface area contributed by atoms with Crippen molar-refractivity contribution in [1.29, 1.82) is 0 Å². The second-order valence-corrected chi connectivity index (χ2v) is 5.10. The molecular formula is C15H24IN5. The number of para-hydroxylation sites is 2. The van der Waals surface area contributed by atoms with Crippen LogP contribution in [0.4, 0.5) is 0 Å². The summed E-state index contributed by atoms with van der Waals surface area (Å²) in [5.74, 6) is 1.89. The molecule has 0 radical (unpaired) electrons. The van der Waals surface area contributed by atoms with Crippen LogP contribution in [0.1, 0.15) is 26.1 Å². The second kappa shape index (κ2) is 8.86. The number of aromatic nitrogens is 2. The largest absolute Gasteiger partial charge is 0.356 e. The van der Waals surface area contributed by atoms with Crippen molar-refractivity contribution in [1.82, 2.24) is 20.6 Å². The number of nitrogens with zero attached hydrogens (tertiary/aromatic N) is 2. The Balaban J connectivity index is 0.00000220. The van der Waals surface area contributed by atoms with Gasteiger partial charge >= 0.3 is 0 Å². The minimum absolute atomic E-state index is 0. The molecule has 2 rings (SSSR count). The molecule has 1 heterocycles. The molecule has 3 N–H and O–H groups in total. The summed E-state index contributed by atoms with van der Waals surface area (Å²) < 4.78 is 0. The lowest BCUT2D eigenvalue weighted by Gasteiger charge is -2.13. The highest BCUT2D eigenvalue weighted by molar-refractivity contribution is 14.0. The fourth-order valence-electron chi connectivity index (χ4n) is 2.05. The first-order valence-corrected chi connectivity index (χ1v) is 7.10. The SMILES string of the molecule is CN=C(NCCCc1nc2ccccc2[nH]1)NC(C)C.I. The number of aliphatic imine (C=N–C) groups is 1. The molecule has 5 nitrogen and oxygen atoms in total. The number of halogens is 1. The van der Waals surface area contributed by atoms with Gasteiger partial charge in [0.05, 0.1) is 11.0 Å². The van der Waals surface area contributed by atoms with Gasteiger partial charge in [0.2, 0.25) is 0 Å². The van der Waals surface area contributed by atoms with Gasteiger partial charge in [0.1, 0.15) is 5.82 Å². The van der Waals surface area contributed by atoms with Crippen molar-refractivity contribution in [2.75, 3.05) is 13.6 Å². The van der Waals surface area contributed by atoms with Gasteiger partial charge in [-0.2, -0.15) is 0 Å². The van der Waals surface area contributed by atoms with E-state index >= 15 is 0 Å². The van der Waals surface area contributed by atoms with Crippen LogP contribution in [0.25, 0.3) is 11.0 Å². The standard InChI is InChI=1S/C15H23N5.HI/c1-11(2)18-15(16-3)17-10-6-9-14-19-12-7-4-5-8-13(12)20-14;/h4-5,7-8,11H,6,9-10H2,1-3H3,(H,19,20)(H2,16,17,18);1H. The zero-order valence-corrected chi connectivity index (χ0v) is 15.1. The third-order valence-corrected chi connectivity index (χ3v) is 2.97. The fraction of sp³-hybridized carbons (Fsp3) is 0.467. The first kappa shape index (κ1) is 17.7. The molecule has 0 aliphatic rings. The Morgan fingerprint density at radius 2 is 2.10 bits per heavy atom. The van der Waals surface area contributed by atoms with Crippen molar-refractivity contribution < 1.29 is 0 Å². The Morgan fingerprint density at radius 1 is 1.33 bits per heavy atom. The van der Waals surface area contributed by atoms with Crippen molar-refractivity contribution in [3.05, 3.63) is 30.1 Å². The number of H-pyrrole nitrogens is 1. The number of hydrogen-bond donors (Lipinski definition) is 3. The fourth-order valence-corrected chi connectivity index (χ4v) is 2.05. The van der Waals surface area contributed by atoms with Crippen molar-refractivity contribution in [2.24, 2.45) is 4.99 Å². The quantitative estimate of drug-likeness (QED) is 0.313. The minimum Gasteiger partial charge on any atom is -0.356 e. The maximum absolute atomic E-state index is 4.57. The molecule has 0 bridgehead atoms. The van der Waals surface area contributed by atoms with E-state index in [4.69, 9.17) is 0 Å². The molecule has 0 amide bonds. The van der Waals surface area contributed by atoms with E-state index in [0.717, 1.165) is 42.2 Å². The second-order valence-electron chi connectivity index (χ2n) is 5.10.